The van der Waals surface area contributed by atoms with Crippen LogP contribution in [0.2, 0.25) is 0 Å². The first kappa shape index (κ1) is 20.5. The van der Waals surface area contributed by atoms with Gasteiger partial charge in [-0.25, -0.2) is 4.98 Å². The van der Waals surface area contributed by atoms with Gasteiger partial charge in [-0.2, -0.15) is 0 Å². The van der Waals surface area contributed by atoms with E-state index in [0.29, 0.717) is 16.9 Å². The van der Waals surface area contributed by atoms with Crippen molar-refractivity contribution in [1.82, 2.24) is 15.2 Å². The molecular weight excluding hydrogens is 396 g/mol. The predicted octanol–water partition coefficient (Wildman–Crippen LogP) is 4.89. The number of hydrogen-bond donors (Lipinski definition) is 1. The van der Waals surface area contributed by atoms with Gasteiger partial charge < -0.3 is 9.64 Å². The number of amides is 1. The summed E-state index contributed by atoms with van der Waals surface area (Å²) in [5, 5.41) is 7.79. The number of aromatic amines is 1. The highest BCUT2D eigenvalue weighted by atomic mass is 32.2. The van der Waals surface area contributed by atoms with Crippen LogP contribution in [0.15, 0.2) is 53.7 Å². The Bertz CT molecular complexity index is 1050. The Hall–Kier alpha value is -2.80. The predicted molar refractivity (Wildman–Crippen MR) is 120 cm³/mol. The van der Waals surface area contributed by atoms with E-state index < -0.39 is 0 Å². The van der Waals surface area contributed by atoms with Gasteiger partial charge in [0.15, 0.2) is 5.82 Å². The standard InChI is InChI=1S/C23H26N4O2S/c1-15-13-23(2,3)27(19-11-10-17(29-4)12-18(15)19)20(28)14-30-22-24-21(25-26-22)16-8-6-5-7-9-16/h5-12,15H,13-14H2,1-4H3,(H,24,25,26). The molecule has 2 heterocycles. The second-order valence-corrected chi connectivity index (χ2v) is 9.14. The molecule has 1 aliphatic heterocycles. The van der Waals surface area contributed by atoms with E-state index in [1.54, 1.807) is 7.11 Å². The van der Waals surface area contributed by atoms with Crippen LogP contribution in [-0.2, 0) is 4.79 Å². The monoisotopic (exact) mass is 422 g/mol. The van der Waals surface area contributed by atoms with Crippen molar-refractivity contribution in [2.45, 2.75) is 43.8 Å². The van der Waals surface area contributed by atoms with E-state index >= 15 is 0 Å². The fourth-order valence-electron chi connectivity index (χ4n) is 4.23. The molecule has 0 spiro atoms. The normalized spacial score (nSPS) is 17.5. The molecule has 0 bridgehead atoms. The van der Waals surface area contributed by atoms with E-state index in [1.807, 2.05) is 53.4 Å². The summed E-state index contributed by atoms with van der Waals surface area (Å²) in [7, 11) is 1.67. The molecule has 7 heteroatoms. The zero-order valence-electron chi connectivity index (χ0n) is 17.7. The lowest BCUT2D eigenvalue weighted by atomic mass is 9.80. The van der Waals surface area contributed by atoms with Gasteiger partial charge in [0, 0.05) is 16.8 Å². The molecule has 0 aliphatic carbocycles. The SMILES string of the molecule is COc1ccc2c(c1)C(C)CC(C)(C)N2C(=O)CSc1n[nH]c(-c2ccccc2)n1. The Kier molecular flexibility index (Phi) is 5.56. The molecule has 1 aromatic heterocycles. The summed E-state index contributed by atoms with van der Waals surface area (Å²) in [5.41, 5.74) is 2.81. The van der Waals surface area contributed by atoms with Gasteiger partial charge in [0.2, 0.25) is 11.1 Å². The van der Waals surface area contributed by atoms with Gasteiger partial charge in [-0.05, 0) is 49.9 Å². The molecule has 0 saturated carbocycles. The Balaban J connectivity index is 1.53. The maximum absolute atomic E-state index is 13.3. The molecule has 30 heavy (non-hydrogen) atoms. The quantitative estimate of drug-likeness (QED) is 0.593. The fraction of sp³-hybridized carbons (Fsp3) is 0.348. The van der Waals surface area contributed by atoms with E-state index in [4.69, 9.17) is 4.74 Å². The second-order valence-electron chi connectivity index (χ2n) is 8.19. The largest absolute Gasteiger partial charge is 0.497 e. The number of fused-ring (bicyclic) bond motifs is 1. The summed E-state index contributed by atoms with van der Waals surface area (Å²) in [4.78, 5) is 19.7. The van der Waals surface area contributed by atoms with Gasteiger partial charge in [0.05, 0.1) is 12.9 Å². The van der Waals surface area contributed by atoms with Gasteiger partial charge in [-0.15, -0.1) is 5.10 Å². The average Bonchev–Trinajstić information content (AvgIpc) is 3.21. The molecule has 3 aromatic rings. The number of rotatable bonds is 5. The third kappa shape index (κ3) is 3.94. The number of methoxy groups -OCH3 is 1. The van der Waals surface area contributed by atoms with E-state index in [-0.39, 0.29) is 17.2 Å². The molecule has 4 rings (SSSR count). The zero-order chi connectivity index (χ0) is 21.3. The number of hydrogen-bond acceptors (Lipinski definition) is 5. The van der Waals surface area contributed by atoms with Crippen molar-refractivity contribution in [3.63, 3.8) is 0 Å². The summed E-state index contributed by atoms with van der Waals surface area (Å²) in [6.45, 7) is 6.45. The van der Waals surface area contributed by atoms with Crippen LogP contribution in [0.3, 0.4) is 0 Å². The van der Waals surface area contributed by atoms with E-state index in [2.05, 4.69) is 36.0 Å². The molecule has 1 unspecified atom stereocenters. The van der Waals surface area contributed by atoms with Gasteiger partial charge in [0.1, 0.15) is 5.75 Å². The van der Waals surface area contributed by atoms with Crippen LogP contribution < -0.4 is 9.64 Å². The Labute approximate surface area is 181 Å². The molecule has 1 atom stereocenters. The number of carbonyl (C=O) groups excluding carboxylic acids is 1. The number of thioether (sulfide) groups is 1. The Morgan fingerprint density at radius 3 is 2.77 bits per heavy atom. The smallest absolute Gasteiger partial charge is 0.237 e. The average molecular weight is 423 g/mol. The van der Waals surface area contributed by atoms with E-state index in [1.165, 1.54) is 11.8 Å². The van der Waals surface area contributed by atoms with Gasteiger partial charge >= 0.3 is 0 Å². The third-order valence-corrected chi connectivity index (χ3v) is 6.34. The van der Waals surface area contributed by atoms with Crippen LogP contribution in [0.1, 0.15) is 38.7 Å². The molecule has 1 N–H and O–H groups in total. The number of benzene rings is 2. The summed E-state index contributed by atoms with van der Waals surface area (Å²) in [6.07, 6.45) is 0.891. The highest BCUT2D eigenvalue weighted by Crippen LogP contribution is 2.44. The molecule has 0 radical (unpaired) electrons. The van der Waals surface area contributed by atoms with Crippen molar-refractivity contribution < 1.29 is 9.53 Å². The van der Waals surface area contributed by atoms with Crippen molar-refractivity contribution >= 4 is 23.4 Å². The van der Waals surface area contributed by atoms with Crippen LogP contribution in [0, 0.1) is 0 Å². The summed E-state index contributed by atoms with van der Waals surface area (Å²) >= 11 is 1.35. The van der Waals surface area contributed by atoms with E-state index in [9.17, 15) is 4.79 Å². The minimum absolute atomic E-state index is 0.0503. The zero-order valence-corrected chi connectivity index (χ0v) is 18.5. The molecule has 0 saturated heterocycles. The summed E-state index contributed by atoms with van der Waals surface area (Å²) < 4.78 is 5.39. The third-order valence-electron chi connectivity index (χ3n) is 5.50. The number of aromatic nitrogens is 3. The minimum Gasteiger partial charge on any atom is -0.497 e. The van der Waals surface area contributed by atoms with Crippen molar-refractivity contribution in [3.05, 3.63) is 54.1 Å². The Morgan fingerprint density at radius 1 is 1.27 bits per heavy atom. The number of H-pyrrole nitrogens is 1. The first-order valence-corrected chi connectivity index (χ1v) is 11.0. The van der Waals surface area contributed by atoms with Crippen molar-refractivity contribution in [3.8, 4) is 17.1 Å². The van der Waals surface area contributed by atoms with Crippen LogP contribution in [-0.4, -0.2) is 39.5 Å². The van der Waals surface area contributed by atoms with Crippen molar-refractivity contribution in [1.29, 1.82) is 0 Å². The second kappa shape index (κ2) is 8.14. The number of nitrogens with one attached hydrogen (secondary N) is 1. The van der Waals surface area contributed by atoms with Crippen molar-refractivity contribution in [2.75, 3.05) is 17.8 Å². The lowest BCUT2D eigenvalue weighted by molar-refractivity contribution is -0.117. The Morgan fingerprint density at radius 2 is 2.03 bits per heavy atom. The molecule has 156 valence electrons. The van der Waals surface area contributed by atoms with Gasteiger partial charge in [-0.3, -0.25) is 9.89 Å². The lowest BCUT2D eigenvalue weighted by Gasteiger charge is -2.46. The fourth-order valence-corrected chi connectivity index (χ4v) is 4.88. The first-order valence-electron chi connectivity index (χ1n) is 10.0. The topological polar surface area (TPSA) is 71.1 Å². The highest BCUT2D eigenvalue weighted by molar-refractivity contribution is 7.99. The van der Waals surface area contributed by atoms with Crippen LogP contribution in [0.25, 0.3) is 11.4 Å². The maximum Gasteiger partial charge on any atom is 0.237 e. The van der Waals surface area contributed by atoms with Gasteiger partial charge in [0.25, 0.3) is 0 Å². The minimum atomic E-state index is -0.271. The molecule has 0 fully saturated rings. The maximum atomic E-state index is 13.3. The summed E-state index contributed by atoms with van der Waals surface area (Å²) in [6, 6.07) is 15.8. The molecule has 1 amide bonds. The van der Waals surface area contributed by atoms with Gasteiger partial charge in [-0.1, -0.05) is 49.0 Å². The number of carbonyl (C=O) groups is 1. The van der Waals surface area contributed by atoms with Crippen LogP contribution in [0.5, 0.6) is 5.75 Å². The number of nitrogens with zero attached hydrogens (tertiary/aromatic N) is 3. The molecular formula is C23H26N4O2S. The molecule has 2 aromatic carbocycles. The van der Waals surface area contributed by atoms with Crippen molar-refractivity contribution in [2.24, 2.45) is 0 Å². The molecule has 1 aliphatic rings. The first-order chi connectivity index (χ1) is 14.4. The highest BCUT2D eigenvalue weighted by Gasteiger charge is 2.40. The van der Waals surface area contributed by atoms with E-state index in [0.717, 1.165) is 29.0 Å². The lowest BCUT2D eigenvalue weighted by Crippen LogP contribution is -2.52. The van der Waals surface area contributed by atoms with Crippen LogP contribution in [0.4, 0.5) is 5.69 Å². The van der Waals surface area contributed by atoms with Crippen LogP contribution >= 0.6 is 11.8 Å². The summed E-state index contributed by atoms with van der Waals surface area (Å²) in [5.74, 6) is 2.19. The number of ether oxygens (including phenoxy) is 1. The number of anilines is 1. The molecule has 6 nitrogen and oxygen atoms in total.